The minimum atomic E-state index is -0.106. The molecule has 0 spiro atoms. The molecule has 0 unspecified atom stereocenters. The van der Waals surface area contributed by atoms with E-state index in [-0.39, 0.29) is 17.5 Å². The van der Waals surface area contributed by atoms with Gasteiger partial charge in [-0.1, -0.05) is 133 Å². The SMILES string of the molecule is Cc1cc2c3c(c1)N(c1ccccc1)c1c(nc4ccccn14)B3c1ccc(N(c3ccc(C(C)(C)C)cc3)c3ccc(C(C)(C)C)c4ccccc34)cc1N2c1ccccc1. The molecular weight excluding hydrogens is 753 g/mol. The van der Waals surface area contributed by atoms with Crippen molar-refractivity contribution in [3.8, 4) is 0 Å². The summed E-state index contributed by atoms with van der Waals surface area (Å²) in [5.74, 6) is 1.08. The Labute approximate surface area is 365 Å². The molecule has 9 aromatic rings. The Morgan fingerprint density at radius 2 is 1.15 bits per heavy atom. The van der Waals surface area contributed by atoms with Gasteiger partial charge in [-0.05, 0) is 130 Å². The Morgan fingerprint density at radius 1 is 0.532 bits per heavy atom. The van der Waals surface area contributed by atoms with E-state index in [9.17, 15) is 0 Å². The number of aromatic nitrogens is 2. The average molecular weight is 804 g/mol. The zero-order valence-corrected chi connectivity index (χ0v) is 36.6. The van der Waals surface area contributed by atoms with Crippen LogP contribution in [0.15, 0.2) is 176 Å². The summed E-state index contributed by atoms with van der Waals surface area (Å²) in [4.78, 5) is 12.9. The van der Waals surface area contributed by atoms with Gasteiger partial charge in [0.2, 0.25) is 0 Å². The molecule has 6 heteroatoms. The second kappa shape index (κ2) is 14.0. The monoisotopic (exact) mass is 803 g/mol. The van der Waals surface area contributed by atoms with E-state index >= 15 is 0 Å². The average Bonchev–Trinajstić information content (AvgIpc) is 3.65. The molecule has 0 aliphatic carbocycles. The van der Waals surface area contributed by atoms with Gasteiger partial charge in [-0.3, -0.25) is 9.30 Å². The number of pyridine rings is 1. The fraction of sp³-hybridized carbons (Fsp3) is 0.161. The molecule has 5 nitrogen and oxygen atoms in total. The van der Waals surface area contributed by atoms with Crippen molar-refractivity contribution in [3.05, 3.63) is 193 Å². The predicted molar refractivity (Wildman–Crippen MR) is 264 cm³/mol. The normalized spacial score (nSPS) is 13.3. The lowest BCUT2D eigenvalue weighted by Gasteiger charge is -2.43. The van der Waals surface area contributed by atoms with Gasteiger partial charge >= 0.3 is 0 Å². The quantitative estimate of drug-likeness (QED) is 0.162. The highest BCUT2D eigenvalue weighted by molar-refractivity contribution is 7.00. The van der Waals surface area contributed by atoms with Crippen LogP contribution in [0, 0.1) is 6.92 Å². The molecule has 0 bridgehead atoms. The molecule has 0 saturated carbocycles. The van der Waals surface area contributed by atoms with Crippen LogP contribution >= 0.6 is 0 Å². The molecule has 0 radical (unpaired) electrons. The second-order valence-corrected chi connectivity index (χ2v) is 19.0. The van der Waals surface area contributed by atoms with Gasteiger partial charge in [-0.15, -0.1) is 0 Å². The Balaban J connectivity index is 1.20. The lowest BCUT2D eigenvalue weighted by Crippen LogP contribution is -2.62. The number of benzene rings is 7. The fourth-order valence-electron chi connectivity index (χ4n) is 10.00. The summed E-state index contributed by atoms with van der Waals surface area (Å²) in [6.45, 7) is 15.9. The number of nitrogens with zero attached hydrogens (tertiary/aromatic N) is 5. The van der Waals surface area contributed by atoms with E-state index in [0.29, 0.717) is 0 Å². The highest BCUT2D eigenvalue weighted by Crippen LogP contribution is 2.48. The number of para-hydroxylation sites is 2. The third kappa shape index (κ3) is 5.95. The molecule has 0 N–H and O–H groups in total. The summed E-state index contributed by atoms with van der Waals surface area (Å²) < 4.78 is 2.26. The van der Waals surface area contributed by atoms with Crippen LogP contribution in [0.5, 0.6) is 0 Å². The largest absolute Gasteiger partial charge is 0.311 e. The molecule has 0 atom stereocenters. The number of fused-ring (bicyclic) bond motifs is 7. The Morgan fingerprint density at radius 3 is 1.82 bits per heavy atom. The first kappa shape index (κ1) is 37.9. The van der Waals surface area contributed by atoms with Crippen LogP contribution in [0.4, 0.5) is 51.3 Å². The molecule has 4 heterocycles. The minimum Gasteiger partial charge on any atom is -0.311 e. The molecule has 11 rings (SSSR count). The third-order valence-electron chi connectivity index (χ3n) is 12.9. The topological polar surface area (TPSA) is 27.0 Å². The van der Waals surface area contributed by atoms with Crippen molar-refractivity contribution in [1.82, 2.24) is 9.38 Å². The van der Waals surface area contributed by atoms with Crippen LogP contribution in [0.3, 0.4) is 0 Å². The Kier molecular flexibility index (Phi) is 8.56. The number of hydrogen-bond donors (Lipinski definition) is 0. The van der Waals surface area contributed by atoms with Gasteiger partial charge in [0.1, 0.15) is 11.5 Å². The number of rotatable bonds is 5. The molecule has 0 saturated heterocycles. The Bertz CT molecular complexity index is 3180. The fourth-order valence-corrected chi connectivity index (χ4v) is 10.00. The molecule has 2 aromatic heterocycles. The molecule has 2 aliphatic rings. The van der Waals surface area contributed by atoms with Crippen LogP contribution in [0.1, 0.15) is 58.2 Å². The summed E-state index contributed by atoms with van der Waals surface area (Å²) in [6, 6.07) is 62.6. The standard InChI is InChI=1S/C56H50BN5/c1-37-34-49-52-50(35-37)62(40-20-12-9-13-21-40)54-53(58-51-24-16-17-33-59(51)54)57(52)46-31-29-42(36-48(46)61(49)39-18-10-8-11-19-39)60(41-27-25-38(26-28-41)55(2,3)4)47-32-30-45(56(5,6)7)43-22-14-15-23-44(43)47/h8-36H,1-7H3. The Hall–Kier alpha value is -7.05. The van der Waals surface area contributed by atoms with Gasteiger partial charge in [-0.25, -0.2) is 4.98 Å². The first-order valence-corrected chi connectivity index (χ1v) is 21.8. The maximum Gasteiger partial charge on any atom is 0.277 e. The summed E-state index contributed by atoms with van der Waals surface area (Å²) in [5, 5.41) is 2.50. The summed E-state index contributed by atoms with van der Waals surface area (Å²) in [7, 11) is 0. The van der Waals surface area contributed by atoms with E-state index in [2.05, 4.69) is 244 Å². The maximum absolute atomic E-state index is 5.51. The van der Waals surface area contributed by atoms with E-state index in [0.717, 1.165) is 51.2 Å². The van der Waals surface area contributed by atoms with Crippen molar-refractivity contribution in [2.45, 2.75) is 59.3 Å². The highest BCUT2D eigenvalue weighted by Gasteiger charge is 2.46. The van der Waals surface area contributed by atoms with Gasteiger partial charge in [0.05, 0.1) is 11.3 Å². The van der Waals surface area contributed by atoms with Crippen LogP contribution in [-0.4, -0.2) is 16.1 Å². The molecule has 7 aromatic carbocycles. The van der Waals surface area contributed by atoms with Crippen molar-refractivity contribution in [1.29, 1.82) is 0 Å². The summed E-state index contributed by atoms with van der Waals surface area (Å²) in [6.07, 6.45) is 2.15. The lowest BCUT2D eigenvalue weighted by molar-refractivity contribution is 0.590. The van der Waals surface area contributed by atoms with Crippen LogP contribution in [0.25, 0.3) is 16.4 Å². The van der Waals surface area contributed by atoms with Gasteiger partial charge in [0.15, 0.2) is 0 Å². The number of anilines is 9. The van der Waals surface area contributed by atoms with E-state index in [1.807, 2.05) is 0 Å². The van der Waals surface area contributed by atoms with Crippen LogP contribution in [-0.2, 0) is 10.8 Å². The summed E-state index contributed by atoms with van der Waals surface area (Å²) in [5.41, 5.74) is 17.4. The zero-order chi connectivity index (χ0) is 42.5. The molecule has 2 aliphatic heterocycles. The van der Waals surface area contributed by atoms with Crippen molar-refractivity contribution >= 4 is 91.0 Å². The van der Waals surface area contributed by atoms with E-state index in [4.69, 9.17) is 4.98 Å². The maximum atomic E-state index is 5.51. The minimum absolute atomic E-state index is 0.0173. The zero-order valence-electron chi connectivity index (χ0n) is 36.6. The van der Waals surface area contributed by atoms with Crippen molar-refractivity contribution in [2.24, 2.45) is 0 Å². The first-order chi connectivity index (χ1) is 30.0. The number of imidazole rings is 1. The number of hydrogen-bond acceptors (Lipinski definition) is 4. The van der Waals surface area contributed by atoms with Crippen molar-refractivity contribution in [3.63, 3.8) is 0 Å². The van der Waals surface area contributed by atoms with Gasteiger partial charge in [0.25, 0.3) is 6.71 Å². The summed E-state index contributed by atoms with van der Waals surface area (Å²) >= 11 is 0. The molecule has 302 valence electrons. The number of aryl methyl sites for hydroxylation is 1. The van der Waals surface area contributed by atoms with Crippen molar-refractivity contribution in [2.75, 3.05) is 14.7 Å². The molecule has 0 amide bonds. The van der Waals surface area contributed by atoms with E-state index in [1.165, 1.54) is 49.8 Å². The molecule has 62 heavy (non-hydrogen) atoms. The smallest absolute Gasteiger partial charge is 0.277 e. The third-order valence-corrected chi connectivity index (χ3v) is 12.9. The van der Waals surface area contributed by atoms with Gasteiger partial charge in [0, 0.05) is 51.4 Å². The molecular formula is C56H50BN5. The van der Waals surface area contributed by atoms with E-state index < -0.39 is 0 Å². The van der Waals surface area contributed by atoms with Crippen LogP contribution < -0.4 is 31.2 Å². The molecule has 0 fully saturated rings. The highest BCUT2D eigenvalue weighted by atomic mass is 15.3. The van der Waals surface area contributed by atoms with E-state index in [1.54, 1.807) is 0 Å². The van der Waals surface area contributed by atoms with Gasteiger partial charge in [-0.2, -0.15) is 0 Å². The predicted octanol–water partition coefficient (Wildman–Crippen LogP) is 12.9. The van der Waals surface area contributed by atoms with Crippen LogP contribution in [0.2, 0.25) is 0 Å². The van der Waals surface area contributed by atoms with Gasteiger partial charge < -0.3 is 9.80 Å². The second-order valence-electron chi connectivity index (χ2n) is 19.0. The van der Waals surface area contributed by atoms with Crippen molar-refractivity contribution < 1.29 is 0 Å². The lowest BCUT2D eigenvalue weighted by atomic mass is 9.35. The first-order valence-electron chi connectivity index (χ1n) is 21.8.